The van der Waals surface area contributed by atoms with Crippen molar-refractivity contribution in [1.82, 2.24) is 9.97 Å². The largest absolute Gasteiger partial charge is 0.397 e. The first-order valence-corrected chi connectivity index (χ1v) is 6.11. The summed E-state index contributed by atoms with van der Waals surface area (Å²) in [7, 11) is 0. The summed E-state index contributed by atoms with van der Waals surface area (Å²) in [5, 5.41) is 1.53. The van der Waals surface area contributed by atoms with E-state index in [0.717, 1.165) is 10.9 Å². The second-order valence-corrected chi connectivity index (χ2v) is 4.69. The van der Waals surface area contributed by atoms with Crippen molar-refractivity contribution in [1.29, 1.82) is 0 Å². The van der Waals surface area contributed by atoms with Crippen molar-refractivity contribution in [2.24, 2.45) is 0 Å². The first-order valence-electron chi connectivity index (χ1n) is 6.11. The number of rotatable bonds is 1. The molecule has 3 aromatic rings. The maximum absolute atomic E-state index is 14.3. The van der Waals surface area contributed by atoms with Crippen LogP contribution in [0, 0.1) is 12.7 Å². The van der Waals surface area contributed by atoms with E-state index in [1.165, 1.54) is 6.07 Å². The van der Waals surface area contributed by atoms with Crippen LogP contribution in [-0.4, -0.2) is 9.97 Å². The number of benzene rings is 1. The topological polar surface area (TPSA) is 77.8 Å². The van der Waals surface area contributed by atoms with Gasteiger partial charge in [0.25, 0.3) is 0 Å². The van der Waals surface area contributed by atoms with Crippen LogP contribution in [0.5, 0.6) is 0 Å². The summed E-state index contributed by atoms with van der Waals surface area (Å²) in [5.41, 5.74) is 14.0. The van der Waals surface area contributed by atoms with E-state index < -0.39 is 0 Å². The lowest BCUT2D eigenvalue weighted by Gasteiger charge is -2.10. The Kier molecular flexibility index (Phi) is 2.75. The molecule has 1 aromatic carbocycles. The summed E-state index contributed by atoms with van der Waals surface area (Å²) < 4.78 is 14.3. The minimum atomic E-state index is -0.334. The molecule has 0 saturated carbocycles. The van der Waals surface area contributed by atoms with Crippen molar-refractivity contribution in [3.63, 3.8) is 0 Å². The predicted octanol–water partition coefficient (Wildman–Crippen LogP) is 2.91. The number of hydrogen-bond donors (Lipinski definition) is 2. The zero-order chi connectivity index (χ0) is 14.3. The highest BCUT2D eigenvalue weighted by Crippen LogP contribution is 2.31. The predicted molar refractivity (Wildman–Crippen MR) is 78.5 cm³/mol. The number of anilines is 2. The van der Waals surface area contributed by atoms with Gasteiger partial charge in [0.1, 0.15) is 11.6 Å². The summed E-state index contributed by atoms with van der Waals surface area (Å²) >= 11 is 0. The van der Waals surface area contributed by atoms with E-state index in [2.05, 4.69) is 9.97 Å². The molecule has 4 nitrogen and oxygen atoms in total. The number of nitrogen functional groups attached to an aromatic ring is 2. The van der Waals surface area contributed by atoms with Gasteiger partial charge < -0.3 is 11.5 Å². The second kappa shape index (κ2) is 4.45. The van der Waals surface area contributed by atoms with Gasteiger partial charge in [0.2, 0.25) is 0 Å². The summed E-state index contributed by atoms with van der Waals surface area (Å²) in [6.07, 6.45) is 4.72. The Hall–Kier alpha value is -2.69. The van der Waals surface area contributed by atoms with Crippen LogP contribution >= 0.6 is 0 Å². The van der Waals surface area contributed by atoms with Gasteiger partial charge in [-0.15, -0.1) is 0 Å². The Morgan fingerprint density at radius 3 is 2.55 bits per heavy atom. The van der Waals surface area contributed by atoms with Gasteiger partial charge in [0.15, 0.2) is 0 Å². The molecule has 20 heavy (non-hydrogen) atoms. The number of fused-ring (bicyclic) bond motifs is 1. The Balaban J connectivity index is 2.30. The molecule has 100 valence electrons. The maximum atomic E-state index is 14.3. The van der Waals surface area contributed by atoms with Gasteiger partial charge in [-0.25, -0.2) is 9.37 Å². The monoisotopic (exact) mass is 268 g/mol. The smallest absolute Gasteiger partial charge is 0.131 e. The molecule has 4 N–H and O–H groups in total. The van der Waals surface area contributed by atoms with Crippen molar-refractivity contribution in [2.45, 2.75) is 6.92 Å². The van der Waals surface area contributed by atoms with Gasteiger partial charge in [0, 0.05) is 28.9 Å². The van der Waals surface area contributed by atoms with Gasteiger partial charge in [-0.2, -0.15) is 0 Å². The van der Waals surface area contributed by atoms with E-state index in [-0.39, 0.29) is 5.82 Å². The number of halogens is 1. The molecule has 0 atom stereocenters. The average Bonchev–Trinajstić information content (AvgIpc) is 2.42. The van der Waals surface area contributed by atoms with Crippen molar-refractivity contribution < 1.29 is 4.39 Å². The molecule has 3 rings (SSSR count). The third-order valence-electron chi connectivity index (χ3n) is 3.37. The normalized spacial score (nSPS) is 10.9. The maximum Gasteiger partial charge on any atom is 0.131 e. The molecular weight excluding hydrogens is 255 g/mol. The van der Waals surface area contributed by atoms with Crippen LogP contribution in [0.1, 0.15) is 5.56 Å². The summed E-state index contributed by atoms with van der Waals surface area (Å²) in [4.78, 5) is 7.99. The summed E-state index contributed by atoms with van der Waals surface area (Å²) in [6, 6.07) is 4.90. The molecular formula is C15H13FN4. The van der Waals surface area contributed by atoms with Crippen molar-refractivity contribution in [2.75, 3.05) is 11.5 Å². The first-order chi connectivity index (χ1) is 9.56. The molecule has 2 heterocycles. The first kappa shape index (κ1) is 12.3. The van der Waals surface area contributed by atoms with Crippen LogP contribution in [-0.2, 0) is 0 Å². The van der Waals surface area contributed by atoms with Crippen molar-refractivity contribution in [3.8, 4) is 11.1 Å². The molecule has 0 fully saturated rings. The average molecular weight is 268 g/mol. The van der Waals surface area contributed by atoms with Crippen LogP contribution in [0.3, 0.4) is 0 Å². The van der Waals surface area contributed by atoms with Crippen molar-refractivity contribution >= 4 is 22.3 Å². The summed E-state index contributed by atoms with van der Waals surface area (Å²) in [6.45, 7) is 1.84. The molecule has 0 amide bonds. The lowest BCUT2D eigenvalue weighted by atomic mass is 9.99. The lowest BCUT2D eigenvalue weighted by Crippen LogP contribution is -1.96. The molecule has 2 aromatic heterocycles. The summed E-state index contributed by atoms with van der Waals surface area (Å²) in [5.74, 6) is 0.0667. The molecule has 0 bridgehead atoms. The van der Waals surface area contributed by atoms with E-state index in [0.29, 0.717) is 28.0 Å². The molecule has 0 radical (unpaired) electrons. The van der Waals surface area contributed by atoms with Gasteiger partial charge in [-0.05, 0) is 36.1 Å². The van der Waals surface area contributed by atoms with Crippen molar-refractivity contribution in [3.05, 3.63) is 48.2 Å². The number of nitrogens with zero attached hydrogens (tertiary/aromatic N) is 2. The van der Waals surface area contributed by atoms with Crippen LogP contribution in [0.4, 0.5) is 15.9 Å². The molecule has 5 heteroatoms. The second-order valence-electron chi connectivity index (χ2n) is 4.69. The molecule has 0 unspecified atom stereocenters. The van der Waals surface area contributed by atoms with Crippen LogP contribution in [0.2, 0.25) is 0 Å². The lowest BCUT2D eigenvalue weighted by molar-refractivity contribution is 0.633. The van der Waals surface area contributed by atoms with E-state index in [1.807, 2.05) is 6.92 Å². The minimum absolute atomic E-state index is 0.334. The molecule has 0 aliphatic carbocycles. The Morgan fingerprint density at radius 1 is 0.950 bits per heavy atom. The highest BCUT2D eigenvalue weighted by atomic mass is 19.1. The number of aromatic nitrogens is 2. The fourth-order valence-electron chi connectivity index (χ4n) is 2.20. The highest BCUT2D eigenvalue weighted by Gasteiger charge is 2.11. The SMILES string of the molecule is Cc1c(N)cncc1-c1cc2cc(N)ncc2cc1F. The van der Waals surface area contributed by atoms with E-state index in [1.54, 1.807) is 30.7 Å². The van der Waals surface area contributed by atoms with E-state index in [9.17, 15) is 4.39 Å². The quantitative estimate of drug-likeness (QED) is 0.711. The Morgan fingerprint density at radius 2 is 1.75 bits per heavy atom. The van der Waals surface area contributed by atoms with Gasteiger partial charge in [-0.1, -0.05) is 0 Å². The third kappa shape index (κ3) is 1.93. The van der Waals surface area contributed by atoms with Gasteiger partial charge in [0.05, 0.1) is 11.9 Å². The molecule has 0 aliphatic heterocycles. The third-order valence-corrected chi connectivity index (χ3v) is 3.37. The number of nitrogens with two attached hydrogens (primary N) is 2. The molecule has 0 spiro atoms. The van der Waals surface area contributed by atoms with Gasteiger partial charge in [-0.3, -0.25) is 4.98 Å². The van der Waals surface area contributed by atoms with Crippen LogP contribution in [0.15, 0.2) is 36.8 Å². The van der Waals surface area contributed by atoms with Crippen LogP contribution < -0.4 is 11.5 Å². The van der Waals surface area contributed by atoms with E-state index in [4.69, 9.17) is 11.5 Å². The molecule has 0 saturated heterocycles. The standard InChI is InChI=1S/C15H13FN4/c1-8-12(6-19-7-14(8)17)11-2-9-4-15(18)20-5-10(9)3-13(11)16/h2-7H,17H2,1H3,(H2,18,20). The fraction of sp³-hybridized carbons (Fsp3) is 0.0667. The van der Waals surface area contributed by atoms with Gasteiger partial charge >= 0.3 is 0 Å². The minimum Gasteiger partial charge on any atom is -0.397 e. The molecule has 0 aliphatic rings. The number of hydrogen-bond acceptors (Lipinski definition) is 4. The van der Waals surface area contributed by atoms with E-state index >= 15 is 0 Å². The zero-order valence-electron chi connectivity index (χ0n) is 10.9. The zero-order valence-corrected chi connectivity index (χ0v) is 10.9. The Bertz CT molecular complexity index is 814. The fourth-order valence-corrected chi connectivity index (χ4v) is 2.20. The number of pyridine rings is 2. The highest BCUT2D eigenvalue weighted by molar-refractivity contribution is 5.89. The van der Waals surface area contributed by atoms with Crippen LogP contribution in [0.25, 0.3) is 21.9 Å². The Labute approximate surface area is 115 Å².